The van der Waals surface area contributed by atoms with E-state index in [0.717, 1.165) is 31.5 Å². The Labute approximate surface area is 183 Å². The molecule has 1 aromatic carbocycles. The fourth-order valence-corrected chi connectivity index (χ4v) is 4.71. The number of benzene rings is 1. The van der Waals surface area contributed by atoms with Crippen molar-refractivity contribution in [3.63, 3.8) is 0 Å². The van der Waals surface area contributed by atoms with Crippen molar-refractivity contribution >= 4 is 41.6 Å². The van der Waals surface area contributed by atoms with Crippen molar-refractivity contribution in [1.29, 1.82) is 0 Å². The van der Waals surface area contributed by atoms with Crippen LogP contribution in [0.1, 0.15) is 56.6 Å². The number of nitrogens with zero attached hydrogens (tertiary/aromatic N) is 1. The second-order valence-corrected chi connectivity index (χ2v) is 8.66. The van der Waals surface area contributed by atoms with E-state index < -0.39 is 5.97 Å². The van der Waals surface area contributed by atoms with Crippen LogP contribution in [0.4, 0.5) is 0 Å². The monoisotopic (exact) mass is 449 g/mol. The van der Waals surface area contributed by atoms with Crippen molar-refractivity contribution in [3.8, 4) is 0 Å². The van der Waals surface area contributed by atoms with Gasteiger partial charge in [-0.3, -0.25) is 4.79 Å². The van der Waals surface area contributed by atoms with E-state index in [1.165, 1.54) is 32.1 Å². The molecule has 2 aliphatic rings. The van der Waals surface area contributed by atoms with Gasteiger partial charge < -0.3 is 14.7 Å². The van der Waals surface area contributed by atoms with Crippen LogP contribution in [0, 0.1) is 11.8 Å². The summed E-state index contributed by atoms with van der Waals surface area (Å²) in [6, 6.07) is 5.81. The van der Waals surface area contributed by atoms with Crippen LogP contribution in [0.3, 0.4) is 0 Å². The molecular weight excluding hydrogens is 421 g/mol. The summed E-state index contributed by atoms with van der Waals surface area (Å²) < 4.78 is 6.37. The fourth-order valence-electron chi connectivity index (χ4n) is 4.40. The first-order valence-corrected chi connectivity index (χ1v) is 10.8. The molecule has 1 saturated carbocycles. The lowest BCUT2D eigenvalue weighted by molar-refractivity contribution is -0.143. The number of aliphatic carboxylic acids is 1. The first-order valence-electron chi connectivity index (χ1n) is 10.1. The molecule has 2 atom stereocenters. The number of piperidine rings is 1. The van der Waals surface area contributed by atoms with E-state index in [0.29, 0.717) is 29.1 Å². The summed E-state index contributed by atoms with van der Waals surface area (Å²) in [6.45, 7) is 2.95. The highest BCUT2D eigenvalue weighted by molar-refractivity contribution is 6.42. The molecule has 3 rings (SSSR count). The van der Waals surface area contributed by atoms with Gasteiger partial charge in [0.2, 0.25) is 0 Å². The van der Waals surface area contributed by atoms with E-state index in [2.05, 4.69) is 4.90 Å². The molecular formula is C21H30Cl3NO3. The average Bonchev–Trinajstić information content (AvgIpc) is 2.68. The zero-order valence-electron chi connectivity index (χ0n) is 16.1. The Morgan fingerprint density at radius 2 is 1.89 bits per heavy atom. The van der Waals surface area contributed by atoms with Crippen LogP contribution >= 0.6 is 35.6 Å². The Morgan fingerprint density at radius 3 is 2.57 bits per heavy atom. The molecule has 28 heavy (non-hydrogen) atoms. The standard InChI is InChI=1S/C21H29Cl2NO3.ClH/c22-18-9-8-16(13-19(18)23)20(15-5-2-1-3-6-15)27-12-11-24-10-4-7-17(14-24)21(25)26;/h8-9,13,15,17,20H,1-7,10-12,14H2,(H,25,26);1H. The third kappa shape index (κ3) is 6.50. The van der Waals surface area contributed by atoms with Crippen molar-refractivity contribution in [3.05, 3.63) is 33.8 Å². The lowest BCUT2D eigenvalue weighted by Gasteiger charge is -2.33. The van der Waals surface area contributed by atoms with Gasteiger partial charge in [-0.05, 0) is 55.8 Å². The van der Waals surface area contributed by atoms with Gasteiger partial charge in [-0.1, -0.05) is 48.5 Å². The van der Waals surface area contributed by atoms with Crippen molar-refractivity contribution in [2.75, 3.05) is 26.2 Å². The van der Waals surface area contributed by atoms with Crippen LogP contribution in [-0.2, 0) is 9.53 Å². The minimum Gasteiger partial charge on any atom is -0.481 e. The molecule has 0 radical (unpaired) electrons. The third-order valence-electron chi connectivity index (χ3n) is 5.91. The third-order valence-corrected chi connectivity index (χ3v) is 6.65. The number of carbonyl (C=O) groups is 1. The van der Waals surface area contributed by atoms with E-state index in [1.807, 2.05) is 18.2 Å². The molecule has 1 aliphatic heterocycles. The van der Waals surface area contributed by atoms with Gasteiger partial charge in [-0.15, -0.1) is 12.4 Å². The topological polar surface area (TPSA) is 49.8 Å². The summed E-state index contributed by atoms with van der Waals surface area (Å²) in [6.07, 6.45) is 7.90. The number of likely N-dealkylation sites (tertiary alicyclic amines) is 1. The van der Waals surface area contributed by atoms with Crippen LogP contribution in [0.15, 0.2) is 18.2 Å². The zero-order valence-corrected chi connectivity index (χ0v) is 18.4. The largest absolute Gasteiger partial charge is 0.481 e. The van der Waals surface area contributed by atoms with Crippen molar-refractivity contribution in [2.45, 2.75) is 51.0 Å². The predicted molar refractivity (Wildman–Crippen MR) is 116 cm³/mol. The first kappa shape index (κ1) is 23.8. The second-order valence-electron chi connectivity index (χ2n) is 7.84. The Morgan fingerprint density at radius 1 is 1.14 bits per heavy atom. The van der Waals surface area contributed by atoms with Gasteiger partial charge in [0, 0.05) is 13.1 Å². The molecule has 0 amide bonds. The van der Waals surface area contributed by atoms with Gasteiger partial charge in [0.25, 0.3) is 0 Å². The molecule has 2 fully saturated rings. The maximum Gasteiger partial charge on any atom is 0.307 e. The van der Waals surface area contributed by atoms with Crippen LogP contribution in [0.2, 0.25) is 10.0 Å². The summed E-state index contributed by atoms with van der Waals surface area (Å²) in [5, 5.41) is 10.4. The van der Waals surface area contributed by atoms with Crippen LogP contribution in [-0.4, -0.2) is 42.2 Å². The normalized spacial score (nSPS) is 22.4. The number of hydrogen-bond acceptors (Lipinski definition) is 3. The van der Waals surface area contributed by atoms with Crippen LogP contribution in [0.5, 0.6) is 0 Å². The molecule has 1 heterocycles. The number of rotatable bonds is 7. The van der Waals surface area contributed by atoms with Crippen LogP contribution in [0.25, 0.3) is 0 Å². The van der Waals surface area contributed by atoms with Crippen molar-refractivity contribution < 1.29 is 14.6 Å². The maximum absolute atomic E-state index is 11.3. The molecule has 7 heteroatoms. The van der Waals surface area contributed by atoms with Gasteiger partial charge in [0.1, 0.15) is 0 Å². The van der Waals surface area contributed by atoms with Crippen LogP contribution < -0.4 is 0 Å². The highest BCUT2D eigenvalue weighted by atomic mass is 35.5. The summed E-state index contributed by atoms with van der Waals surface area (Å²) >= 11 is 12.3. The summed E-state index contributed by atoms with van der Waals surface area (Å²) in [4.78, 5) is 13.5. The average molecular weight is 451 g/mol. The van der Waals surface area contributed by atoms with Gasteiger partial charge in [-0.25, -0.2) is 0 Å². The molecule has 4 nitrogen and oxygen atoms in total. The maximum atomic E-state index is 11.3. The lowest BCUT2D eigenvalue weighted by Crippen LogP contribution is -2.40. The minimum absolute atomic E-state index is 0. The fraction of sp³-hybridized carbons (Fsp3) is 0.667. The number of carboxylic acid groups (broad SMARTS) is 1. The molecule has 0 spiro atoms. The highest BCUT2D eigenvalue weighted by Crippen LogP contribution is 2.38. The number of halogens is 3. The quantitative estimate of drug-likeness (QED) is 0.566. The number of hydrogen-bond donors (Lipinski definition) is 1. The van der Waals surface area contributed by atoms with E-state index in [1.54, 1.807) is 0 Å². The van der Waals surface area contributed by atoms with E-state index >= 15 is 0 Å². The van der Waals surface area contributed by atoms with E-state index in [4.69, 9.17) is 27.9 Å². The minimum atomic E-state index is -0.684. The van der Waals surface area contributed by atoms with Gasteiger partial charge in [0.15, 0.2) is 0 Å². The molecule has 0 aromatic heterocycles. The highest BCUT2D eigenvalue weighted by Gasteiger charge is 2.28. The lowest BCUT2D eigenvalue weighted by atomic mass is 9.82. The van der Waals surface area contributed by atoms with Gasteiger partial charge >= 0.3 is 5.97 Å². The van der Waals surface area contributed by atoms with Crippen molar-refractivity contribution in [2.24, 2.45) is 11.8 Å². The van der Waals surface area contributed by atoms with Gasteiger partial charge in [0.05, 0.1) is 28.7 Å². The Kier molecular flexibility index (Phi) is 9.85. The zero-order chi connectivity index (χ0) is 19.2. The molecule has 1 N–H and O–H groups in total. The van der Waals surface area contributed by atoms with E-state index in [9.17, 15) is 9.90 Å². The molecule has 1 aliphatic carbocycles. The molecule has 1 aromatic rings. The number of carboxylic acids is 1. The summed E-state index contributed by atoms with van der Waals surface area (Å²) in [7, 11) is 0. The summed E-state index contributed by atoms with van der Waals surface area (Å²) in [5.74, 6) is -0.427. The summed E-state index contributed by atoms with van der Waals surface area (Å²) in [5.41, 5.74) is 1.10. The molecule has 0 bridgehead atoms. The first-order chi connectivity index (χ1) is 13.0. The predicted octanol–water partition coefficient (Wildman–Crippen LogP) is 5.85. The van der Waals surface area contributed by atoms with Gasteiger partial charge in [-0.2, -0.15) is 0 Å². The smallest absolute Gasteiger partial charge is 0.307 e. The van der Waals surface area contributed by atoms with E-state index in [-0.39, 0.29) is 24.4 Å². The Bertz CT molecular complexity index is 637. The molecule has 2 unspecified atom stereocenters. The van der Waals surface area contributed by atoms with Crippen molar-refractivity contribution in [1.82, 2.24) is 4.90 Å². The Hall–Kier alpha value is -0.520. The molecule has 158 valence electrons. The molecule has 1 saturated heterocycles. The Balaban J connectivity index is 0.00000280. The SMILES string of the molecule is Cl.O=C(O)C1CCCN(CCOC(c2ccc(Cl)c(Cl)c2)C2CCCCC2)C1. The second kappa shape index (κ2) is 11.6. The number of ether oxygens (including phenoxy) is 1.